The Kier molecular flexibility index (Phi) is 6.90. The number of rotatable bonds is 8. The highest BCUT2D eigenvalue weighted by atomic mass is 16.3. The van der Waals surface area contributed by atoms with Crippen molar-refractivity contribution in [3.05, 3.63) is 35.9 Å². The molecule has 17 heavy (non-hydrogen) atoms. The SMILES string of the molecule is CC(C)[C@@H](CO)NCCCCc1ccccc1. The van der Waals surface area contributed by atoms with Gasteiger partial charge in [0, 0.05) is 6.04 Å². The maximum atomic E-state index is 9.17. The second-order valence-electron chi connectivity index (χ2n) is 4.93. The van der Waals surface area contributed by atoms with E-state index in [1.807, 2.05) is 0 Å². The maximum Gasteiger partial charge on any atom is 0.0587 e. The summed E-state index contributed by atoms with van der Waals surface area (Å²) in [6.45, 7) is 5.50. The molecular weight excluding hydrogens is 210 g/mol. The lowest BCUT2D eigenvalue weighted by Gasteiger charge is -2.19. The molecule has 0 saturated carbocycles. The van der Waals surface area contributed by atoms with E-state index in [-0.39, 0.29) is 12.6 Å². The van der Waals surface area contributed by atoms with Gasteiger partial charge < -0.3 is 10.4 Å². The molecule has 0 spiro atoms. The summed E-state index contributed by atoms with van der Waals surface area (Å²) in [7, 11) is 0. The summed E-state index contributed by atoms with van der Waals surface area (Å²) in [5.74, 6) is 0.495. The minimum absolute atomic E-state index is 0.232. The number of hydrogen-bond acceptors (Lipinski definition) is 2. The number of aliphatic hydroxyl groups excluding tert-OH is 1. The fourth-order valence-corrected chi connectivity index (χ4v) is 1.90. The van der Waals surface area contributed by atoms with Crippen molar-refractivity contribution < 1.29 is 5.11 Å². The Balaban J connectivity index is 2.08. The van der Waals surface area contributed by atoms with Gasteiger partial charge in [0.15, 0.2) is 0 Å². The third kappa shape index (κ3) is 5.85. The van der Waals surface area contributed by atoms with Crippen molar-refractivity contribution in [3.8, 4) is 0 Å². The molecular formula is C15H25NO. The van der Waals surface area contributed by atoms with E-state index in [9.17, 15) is 0 Å². The Morgan fingerprint density at radius 3 is 2.41 bits per heavy atom. The molecule has 2 heteroatoms. The van der Waals surface area contributed by atoms with Gasteiger partial charge in [-0.15, -0.1) is 0 Å². The molecule has 2 nitrogen and oxygen atoms in total. The van der Waals surface area contributed by atoms with Gasteiger partial charge in [0.2, 0.25) is 0 Å². The fraction of sp³-hybridized carbons (Fsp3) is 0.600. The van der Waals surface area contributed by atoms with Crippen LogP contribution in [0.1, 0.15) is 32.3 Å². The zero-order valence-electron chi connectivity index (χ0n) is 11.0. The molecule has 0 aliphatic heterocycles. The van der Waals surface area contributed by atoms with Crippen LogP contribution in [0, 0.1) is 5.92 Å². The summed E-state index contributed by atoms with van der Waals surface area (Å²) in [5, 5.41) is 12.6. The van der Waals surface area contributed by atoms with E-state index in [4.69, 9.17) is 5.11 Å². The molecule has 0 aliphatic carbocycles. The summed E-state index contributed by atoms with van der Waals surface area (Å²) >= 11 is 0. The van der Waals surface area contributed by atoms with Gasteiger partial charge in [-0.1, -0.05) is 44.2 Å². The van der Waals surface area contributed by atoms with Gasteiger partial charge in [-0.2, -0.15) is 0 Å². The lowest BCUT2D eigenvalue weighted by atomic mass is 10.0. The normalized spacial score (nSPS) is 12.9. The van der Waals surface area contributed by atoms with Crippen molar-refractivity contribution in [2.45, 2.75) is 39.2 Å². The topological polar surface area (TPSA) is 32.3 Å². The molecule has 0 fully saturated rings. The average Bonchev–Trinajstić information content (AvgIpc) is 2.34. The van der Waals surface area contributed by atoms with Crippen LogP contribution < -0.4 is 5.32 Å². The molecule has 0 aromatic heterocycles. The van der Waals surface area contributed by atoms with Crippen molar-refractivity contribution in [2.75, 3.05) is 13.2 Å². The second-order valence-corrected chi connectivity index (χ2v) is 4.93. The number of hydrogen-bond donors (Lipinski definition) is 2. The van der Waals surface area contributed by atoms with Crippen molar-refractivity contribution in [1.29, 1.82) is 0 Å². The van der Waals surface area contributed by atoms with Crippen molar-refractivity contribution in [3.63, 3.8) is 0 Å². The van der Waals surface area contributed by atoms with Crippen molar-refractivity contribution >= 4 is 0 Å². The highest BCUT2D eigenvalue weighted by molar-refractivity contribution is 5.14. The molecule has 1 aromatic carbocycles. The van der Waals surface area contributed by atoms with Gasteiger partial charge >= 0.3 is 0 Å². The molecule has 0 heterocycles. The summed E-state index contributed by atoms with van der Waals surface area (Å²) in [6, 6.07) is 10.8. The van der Waals surface area contributed by atoms with Gasteiger partial charge in [0.05, 0.1) is 6.61 Å². The van der Waals surface area contributed by atoms with Crippen LogP contribution in [0.3, 0.4) is 0 Å². The highest BCUT2D eigenvalue weighted by Crippen LogP contribution is 2.05. The molecule has 0 saturated heterocycles. The van der Waals surface area contributed by atoms with Crippen LogP contribution in [0.4, 0.5) is 0 Å². The molecule has 2 N–H and O–H groups in total. The number of benzene rings is 1. The Morgan fingerprint density at radius 2 is 1.82 bits per heavy atom. The van der Waals surface area contributed by atoms with Crippen molar-refractivity contribution in [1.82, 2.24) is 5.32 Å². The fourth-order valence-electron chi connectivity index (χ4n) is 1.90. The smallest absolute Gasteiger partial charge is 0.0587 e. The van der Waals surface area contributed by atoms with Gasteiger partial charge in [-0.05, 0) is 37.3 Å². The third-order valence-electron chi connectivity index (χ3n) is 3.14. The predicted octanol–water partition coefficient (Wildman–Crippen LogP) is 2.62. The Labute approximate surface area is 105 Å². The highest BCUT2D eigenvalue weighted by Gasteiger charge is 2.09. The molecule has 1 atom stereocenters. The van der Waals surface area contributed by atoms with E-state index in [1.54, 1.807) is 0 Å². The van der Waals surface area contributed by atoms with Crippen LogP contribution in [0.25, 0.3) is 0 Å². The van der Waals surface area contributed by atoms with Crippen LogP contribution in [0.15, 0.2) is 30.3 Å². The number of aliphatic hydroxyl groups is 1. The quantitative estimate of drug-likeness (QED) is 0.679. The molecule has 0 bridgehead atoms. The van der Waals surface area contributed by atoms with E-state index in [0.717, 1.165) is 19.4 Å². The zero-order valence-corrected chi connectivity index (χ0v) is 11.0. The van der Waals surface area contributed by atoms with Gasteiger partial charge in [-0.25, -0.2) is 0 Å². The van der Waals surface area contributed by atoms with Crippen LogP contribution in [0.5, 0.6) is 0 Å². The summed E-state index contributed by atoms with van der Waals surface area (Å²) < 4.78 is 0. The largest absolute Gasteiger partial charge is 0.395 e. The second kappa shape index (κ2) is 8.26. The molecule has 0 aliphatic rings. The summed E-state index contributed by atoms with van der Waals surface area (Å²) in [4.78, 5) is 0. The average molecular weight is 235 g/mol. The van der Waals surface area contributed by atoms with Crippen LogP contribution >= 0.6 is 0 Å². The monoisotopic (exact) mass is 235 g/mol. The van der Waals surface area contributed by atoms with Crippen LogP contribution in [0.2, 0.25) is 0 Å². The van der Waals surface area contributed by atoms with E-state index in [2.05, 4.69) is 49.5 Å². The predicted molar refractivity (Wildman–Crippen MR) is 73.1 cm³/mol. The van der Waals surface area contributed by atoms with Crippen LogP contribution in [-0.4, -0.2) is 24.3 Å². The third-order valence-corrected chi connectivity index (χ3v) is 3.14. The first-order valence-electron chi connectivity index (χ1n) is 6.62. The first-order chi connectivity index (χ1) is 8.24. The van der Waals surface area contributed by atoms with Gasteiger partial charge in [0.1, 0.15) is 0 Å². The molecule has 1 aromatic rings. The first-order valence-corrected chi connectivity index (χ1v) is 6.62. The van der Waals surface area contributed by atoms with E-state index in [0.29, 0.717) is 5.92 Å². The molecule has 96 valence electrons. The lowest BCUT2D eigenvalue weighted by Crippen LogP contribution is -2.37. The van der Waals surface area contributed by atoms with E-state index in [1.165, 1.54) is 12.0 Å². The Morgan fingerprint density at radius 1 is 1.12 bits per heavy atom. The summed E-state index contributed by atoms with van der Waals surface area (Å²) in [5.41, 5.74) is 1.41. The first kappa shape index (κ1) is 14.2. The molecule has 0 unspecified atom stereocenters. The zero-order chi connectivity index (χ0) is 12.5. The standard InChI is InChI=1S/C15H25NO/c1-13(2)15(12-17)16-11-7-6-10-14-8-4-3-5-9-14/h3-5,8-9,13,15-17H,6-7,10-12H2,1-2H3/t15-/m1/s1. The van der Waals surface area contributed by atoms with E-state index < -0.39 is 0 Å². The summed E-state index contributed by atoms with van der Waals surface area (Å²) in [6.07, 6.45) is 3.51. The maximum absolute atomic E-state index is 9.17. The van der Waals surface area contributed by atoms with Gasteiger partial charge in [0.25, 0.3) is 0 Å². The number of nitrogens with one attached hydrogen (secondary N) is 1. The molecule has 0 amide bonds. The van der Waals surface area contributed by atoms with Crippen LogP contribution in [-0.2, 0) is 6.42 Å². The Hall–Kier alpha value is -0.860. The minimum Gasteiger partial charge on any atom is -0.395 e. The molecule has 1 rings (SSSR count). The van der Waals surface area contributed by atoms with Gasteiger partial charge in [-0.3, -0.25) is 0 Å². The lowest BCUT2D eigenvalue weighted by molar-refractivity contribution is 0.211. The number of aryl methyl sites for hydroxylation is 1. The van der Waals surface area contributed by atoms with E-state index >= 15 is 0 Å². The number of unbranched alkanes of at least 4 members (excludes halogenated alkanes) is 1. The minimum atomic E-state index is 0.232. The Bertz CT molecular complexity index is 284. The van der Waals surface area contributed by atoms with Crippen molar-refractivity contribution in [2.24, 2.45) is 5.92 Å². The molecule has 0 radical (unpaired) electrons.